The van der Waals surface area contributed by atoms with E-state index in [9.17, 15) is 0 Å². The van der Waals surface area contributed by atoms with E-state index in [0.717, 1.165) is 32.8 Å². The number of ether oxygens (including phenoxy) is 1. The van der Waals surface area contributed by atoms with Gasteiger partial charge in [0, 0.05) is 57.1 Å². The van der Waals surface area contributed by atoms with E-state index in [0.29, 0.717) is 11.3 Å². The summed E-state index contributed by atoms with van der Waals surface area (Å²) in [5.41, 5.74) is 0. The first kappa shape index (κ1) is 17.2. The number of hydrogen-bond donors (Lipinski definition) is 2. The molecular formula is C14H31N3OS. The number of piperazine rings is 1. The van der Waals surface area contributed by atoms with Crippen LogP contribution in [-0.2, 0) is 4.74 Å². The molecule has 1 aliphatic rings. The molecule has 1 saturated heterocycles. The van der Waals surface area contributed by atoms with Gasteiger partial charge in [0.1, 0.15) is 0 Å². The molecule has 0 amide bonds. The van der Waals surface area contributed by atoms with Crippen LogP contribution >= 0.6 is 12.6 Å². The zero-order valence-electron chi connectivity index (χ0n) is 12.8. The highest BCUT2D eigenvalue weighted by molar-refractivity contribution is 7.80. The van der Waals surface area contributed by atoms with Gasteiger partial charge in [-0.2, -0.15) is 12.6 Å². The van der Waals surface area contributed by atoms with Crippen molar-refractivity contribution in [2.45, 2.75) is 32.1 Å². The summed E-state index contributed by atoms with van der Waals surface area (Å²) in [6.45, 7) is 16.0. The van der Waals surface area contributed by atoms with Gasteiger partial charge in [-0.1, -0.05) is 6.92 Å². The van der Waals surface area contributed by atoms with E-state index in [2.05, 4.69) is 48.5 Å². The molecule has 1 aliphatic heterocycles. The lowest BCUT2D eigenvalue weighted by atomic mass is 10.2. The van der Waals surface area contributed by atoms with E-state index in [1.165, 1.54) is 26.2 Å². The third kappa shape index (κ3) is 8.15. The molecule has 0 aromatic rings. The predicted octanol–water partition coefficient (Wildman–Crippen LogP) is 0.937. The van der Waals surface area contributed by atoms with Gasteiger partial charge in [-0.3, -0.25) is 9.80 Å². The second kappa shape index (κ2) is 10.00. The van der Waals surface area contributed by atoms with Crippen molar-refractivity contribution in [3.8, 4) is 0 Å². The summed E-state index contributed by atoms with van der Waals surface area (Å²) in [5, 5.41) is 3.73. The fourth-order valence-electron chi connectivity index (χ4n) is 2.25. The van der Waals surface area contributed by atoms with Gasteiger partial charge < -0.3 is 10.1 Å². The maximum Gasteiger partial charge on any atom is 0.0594 e. The molecule has 1 atom stereocenters. The first-order valence-electron chi connectivity index (χ1n) is 7.52. The van der Waals surface area contributed by atoms with Crippen molar-refractivity contribution in [2.75, 3.05) is 59.0 Å². The molecule has 1 rings (SSSR count). The fraction of sp³-hybridized carbons (Fsp3) is 1.00. The number of thiol groups is 1. The summed E-state index contributed by atoms with van der Waals surface area (Å²) in [6, 6.07) is 0.679. The first-order chi connectivity index (χ1) is 9.09. The van der Waals surface area contributed by atoms with Gasteiger partial charge in [0.25, 0.3) is 0 Å². The summed E-state index contributed by atoms with van der Waals surface area (Å²) in [7, 11) is 0. The highest BCUT2D eigenvalue weighted by atomic mass is 32.1. The van der Waals surface area contributed by atoms with Gasteiger partial charge >= 0.3 is 0 Å². The van der Waals surface area contributed by atoms with E-state index >= 15 is 0 Å². The molecule has 1 fully saturated rings. The molecule has 19 heavy (non-hydrogen) atoms. The molecule has 114 valence electrons. The van der Waals surface area contributed by atoms with Crippen molar-refractivity contribution >= 4 is 12.6 Å². The van der Waals surface area contributed by atoms with Crippen LogP contribution in [0.5, 0.6) is 0 Å². The Hall–Kier alpha value is 0.190. The average Bonchev–Trinajstić information content (AvgIpc) is 2.38. The van der Waals surface area contributed by atoms with Crippen LogP contribution in [0.15, 0.2) is 0 Å². The Kier molecular flexibility index (Phi) is 9.07. The van der Waals surface area contributed by atoms with E-state index in [4.69, 9.17) is 4.74 Å². The molecule has 0 aliphatic carbocycles. The largest absolute Gasteiger partial charge is 0.379 e. The Balaban J connectivity index is 1.91. The molecule has 5 heteroatoms. The molecule has 0 radical (unpaired) electrons. The first-order valence-corrected chi connectivity index (χ1v) is 8.04. The van der Waals surface area contributed by atoms with Crippen LogP contribution in [0.1, 0.15) is 20.8 Å². The average molecular weight is 289 g/mol. The summed E-state index contributed by atoms with van der Waals surface area (Å²) in [5.74, 6) is 0. The Morgan fingerprint density at radius 3 is 2.37 bits per heavy atom. The number of rotatable bonds is 9. The fourth-order valence-corrected chi connectivity index (χ4v) is 2.38. The molecule has 0 aromatic heterocycles. The lowest BCUT2D eigenvalue weighted by Crippen LogP contribution is -2.49. The molecule has 0 unspecified atom stereocenters. The quantitative estimate of drug-likeness (QED) is 0.488. The normalized spacial score (nSPS) is 20.1. The molecule has 4 nitrogen and oxygen atoms in total. The second-order valence-corrected chi connectivity index (χ2v) is 6.52. The van der Waals surface area contributed by atoms with E-state index in [1.54, 1.807) is 0 Å². The zero-order chi connectivity index (χ0) is 14.1. The van der Waals surface area contributed by atoms with Crippen LogP contribution in [0.25, 0.3) is 0 Å². The minimum atomic E-state index is 0.414. The lowest BCUT2D eigenvalue weighted by Gasteiger charge is -2.36. The molecule has 0 spiro atoms. The summed E-state index contributed by atoms with van der Waals surface area (Å²) in [4.78, 5) is 5.04. The molecule has 1 heterocycles. The maximum atomic E-state index is 5.65. The minimum absolute atomic E-state index is 0.414. The monoisotopic (exact) mass is 289 g/mol. The van der Waals surface area contributed by atoms with Crippen LogP contribution in [0.3, 0.4) is 0 Å². The summed E-state index contributed by atoms with van der Waals surface area (Å²) < 4.78 is 5.65. The van der Waals surface area contributed by atoms with Crippen LogP contribution in [-0.4, -0.2) is 80.1 Å². The molecule has 0 bridgehead atoms. The van der Waals surface area contributed by atoms with Crippen molar-refractivity contribution in [1.82, 2.24) is 15.1 Å². The summed E-state index contributed by atoms with van der Waals surface area (Å²) >= 11 is 4.32. The topological polar surface area (TPSA) is 27.7 Å². The van der Waals surface area contributed by atoms with Crippen LogP contribution < -0.4 is 5.32 Å². The van der Waals surface area contributed by atoms with E-state index < -0.39 is 0 Å². The van der Waals surface area contributed by atoms with E-state index in [-0.39, 0.29) is 0 Å². The van der Waals surface area contributed by atoms with Gasteiger partial charge in [-0.05, 0) is 13.8 Å². The predicted molar refractivity (Wildman–Crippen MR) is 85.3 cm³/mol. The number of nitrogens with one attached hydrogen (secondary N) is 1. The lowest BCUT2D eigenvalue weighted by molar-refractivity contribution is 0.0674. The Bertz CT molecular complexity index is 219. The Labute approximate surface area is 124 Å². The SMILES string of the molecule is CC(C)N1CCN(CCOCCNC[C@H](C)S)CC1. The van der Waals surface area contributed by atoms with Crippen molar-refractivity contribution in [2.24, 2.45) is 0 Å². The van der Waals surface area contributed by atoms with Crippen LogP contribution in [0.2, 0.25) is 0 Å². The smallest absolute Gasteiger partial charge is 0.0594 e. The molecule has 0 saturated carbocycles. The van der Waals surface area contributed by atoms with Gasteiger partial charge in [0.15, 0.2) is 0 Å². The zero-order valence-corrected chi connectivity index (χ0v) is 13.7. The van der Waals surface area contributed by atoms with Crippen LogP contribution in [0.4, 0.5) is 0 Å². The maximum absolute atomic E-state index is 5.65. The van der Waals surface area contributed by atoms with Gasteiger partial charge in [0.2, 0.25) is 0 Å². The third-order valence-electron chi connectivity index (χ3n) is 3.55. The third-order valence-corrected chi connectivity index (χ3v) is 3.73. The molecular weight excluding hydrogens is 258 g/mol. The van der Waals surface area contributed by atoms with Gasteiger partial charge in [0.05, 0.1) is 13.2 Å². The standard InChI is InChI=1S/C14H31N3OS/c1-13(2)17-7-5-16(6-8-17)9-11-18-10-4-15-12-14(3)19/h13-15,19H,4-12H2,1-3H3/t14-/m0/s1. The number of hydrogen-bond acceptors (Lipinski definition) is 5. The van der Waals surface area contributed by atoms with Crippen LogP contribution in [0, 0.1) is 0 Å². The van der Waals surface area contributed by atoms with Crippen molar-refractivity contribution in [1.29, 1.82) is 0 Å². The Morgan fingerprint density at radius 1 is 1.11 bits per heavy atom. The minimum Gasteiger partial charge on any atom is -0.379 e. The number of nitrogens with zero attached hydrogens (tertiary/aromatic N) is 2. The van der Waals surface area contributed by atoms with Crippen molar-refractivity contribution in [3.05, 3.63) is 0 Å². The highest BCUT2D eigenvalue weighted by Crippen LogP contribution is 2.05. The summed E-state index contributed by atoms with van der Waals surface area (Å²) in [6.07, 6.45) is 0. The van der Waals surface area contributed by atoms with Gasteiger partial charge in [-0.25, -0.2) is 0 Å². The second-order valence-electron chi connectivity index (χ2n) is 5.64. The molecule has 1 N–H and O–H groups in total. The van der Waals surface area contributed by atoms with E-state index in [1.807, 2.05) is 0 Å². The van der Waals surface area contributed by atoms with Gasteiger partial charge in [-0.15, -0.1) is 0 Å². The Morgan fingerprint density at radius 2 is 1.79 bits per heavy atom. The van der Waals surface area contributed by atoms with Crippen molar-refractivity contribution in [3.63, 3.8) is 0 Å². The highest BCUT2D eigenvalue weighted by Gasteiger charge is 2.17. The molecule has 0 aromatic carbocycles. The van der Waals surface area contributed by atoms with Crippen molar-refractivity contribution < 1.29 is 4.74 Å².